The summed E-state index contributed by atoms with van der Waals surface area (Å²) < 4.78 is 42.0. The van der Waals surface area contributed by atoms with Gasteiger partial charge in [-0.2, -0.15) is 13.2 Å². The van der Waals surface area contributed by atoms with E-state index in [2.05, 4.69) is 6.58 Å². The number of aliphatic hydroxyl groups is 1. The van der Waals surface area contributed by atoms with Gasteiger partial charge in [-0.05, 0) is 18.2 Å². The minimum absolute atomic E-state index is 0.0109. The van der Waals surface area contributed by atoms with Crippen LogP contribution in [0.15, 0.2) is 35.9 Å². The van der Waals surface area contributed by atoms with E-state index < -0.39 is 17.8 Å². The van der Waals surface area contributed by atoms with Gasteiger partial charge in [-0.15, -0.1) is 0 Å². The molecular weight excluding hydrogens is 257 g/mol. The molecular formula is C11H10ClF3O2. The molecule has 2 nitrogen and oxygen atoms in total. The zero-order chi connectivity index (χ0) is 13.1. The lowest BCUT2D eigenvalue weighted by Gasteiger charge is -2.12. The van der Waals surface area contributed by atoms with Crippen molar-refractivity contribution >= 4 is 11.6 Å². The number of hydrogen-bond donors (Lipinski definition) is 1. The third-order valence-electron chi connectivity index (χ3n) is 1.93. The standard InChI is InChI=1S/C11H10ClF3O2/c1-7(12)10(16)6-17-9-4-2-3-8(5-9)11(13,14)15/h2-5,10,16H,1,6H2. The summed E-state index contributed by atoms with van der Waals surface area (Å²) in [6.07, 6.45) is -5.54. The largest absolute Gasteiger partial charge is 0.490 e. The quantitative estimate of drug-likeness (QED) is 0.907. The Balaban J connectivity index is 2.70. The second kappa shape index (κ2) is 5.42. The summed E-state index contributed by atoms with van der Waals surface area (Å²) in [4.78, 5) is 0. The average Bonchev–Trinajstić information content (AvgIpc) is 2.25. The molecule has 0 heterocycles. The first kappa shape index (κ1) is 13.9. The van der Waals surface area contributed by atoms with Crippen LogP contribution < -0.4 is 4.74 Å². The normalized spacial score (nSPS) is 13.2. The molecule has 94 valence electrons. The van der Waals surface area contributed by atoms with Crippen LogP contribution in [-0.4, -0.2) is 17.8 Å². The SMILES string of the molecule is C=C(Cl)C(O)COc1cccc(C(F)(F)F)c1. The van der Waals surface area contributed by atoms with E-state index in [1.54, 1.807) is 0 Å². The fourth-order valence-corrected chi connectivity index (χ4v) is 1.09. The van der Waals surface area contributed by atoms with Crippen LogP contribution in [0.4, 0.5) is 13.2 Å². The first-order chi connectivity index (χ1) is 7.80. The van der Waals surface area contributed by atoms with Crippen molar-refractivity contribution in [1.82, 2.24) is 0 Å². The summed E-state index contributed by atoms with van der Waals surface area (Å²) in [6, 6.07) is 4.37. The third-order valence-corrected chi connectivity index (χ3v) is 2.18. The van der Waals surface area contributed by atoms with Crippen LogP contribution >= 0.6 is 11.6 Å². The van der Waals surface area contributed by atoms with Gasteiger partial charge < -0.3 is 9.84 Å². The van der Waals surface area contributed by atoms with Crippen LogP contribution in [0, 0.1) is 0 Å². The van der Waals surface area contributed by atoms with Crippen molar-refractivity contribution in [2.45, 2.75) is 12.3 Å². The molecule has 1 rings (SSSR count). The first-order valence-electron chi connectivity index (χ1n) is 4.63. The second-order valence-corrected chi connectivity index (χ2v) is 3.78. The highest BCUT2D eigenvalue weighted by atomic mass is 35.5. The smallest absolute Gasteiger partial charge is 0.416 e. The summed E-state index contributed by atoms with van der Waals surface area (Å²) in [5.74, 6) is 0.0109. The summed E-state index contributed by atoms with van der Waals surface area (Å²) in [7, 11) is 0. The van der Waals surface area contributed by atoms with Gasteiger partial charge in [0, 0.05) is 5.03 Å². The van der Waals surface area contributed by atoms with Crippen LogP contribution in [0.25, 0.3) is 0 Å². The lowest BCUT2D eigenvalue weighted by atomic mass is 10.2. The zero-order valence-corrected chi connectivity index (χ0v) is 9.42. The Labute approximate surface area is 101 Å². The average molecular weight is 267 g/mol. The molecule has 0 radical (unpaired) electrons. The van der Waals surface area contributed by atoms with E-state index in [1.807, 2.05) is 0 Å². The van der Waals surface area contributed by atoms with Crippen molar-refractivity contribution in [2.75, 3.05) is 6.61 Å². The van der Waals surface area contributed by atoms with Crippen LogP contribution in [0.3, 0.4) is 0 Å². The van der Waals surface area contributed by atoms with Crippen molar-refractivity contribution in [3.8, 4) is 5.75 Å². The minimum atomic E-state index is -4.42. The molecule has 1 unspecified atom stereocenters. The molecule has 1 atom stereocenters. The van der Waals surface area contributed by atoms with E-state index >= 15 is 0 Å². The van der Waals surface area contributed by atoms with E-state index in [4.69, 9.17) is 16.3 Å². The van der Waals surface area contributed by atoms with Crippen molar-refractivity contribution in [2.24, 2.45) is 0 Å². The van der Waals surface area contributed by atoms with Gasteiger partial charge in [0.05, 0.1) is 5.56 Å². The third kappa shape index (κ3) is 4.28. The molecule has 0 amide bonds. The molecule has 0 fully saturated rings. The summed E-state index contributed by atoms with van der Waals surface area (Å²) in [5.41, 5.74) is -0.811. The lowest BCUT2D eigenvalue weighted by molar-refractivity contribution is -0.137. The van der Waals surface area contributed by atoms with Crippen molar-refractivity contribution < 1.29 is 23.0 Å². The topological polar surface area (TPSA) is 29.5 Å². The molecule has 1 aromatic rings. The number of rotatable bonds is 4. The molecule has 0 aliphatic rings. The van der Waals surface area contributed by atoms with Crippen LogP contribution in [-0.2, 0) is 6.18 Å². The van der Waals surface area contributed by atoms with Crippen molar-refractivity contribution in [3.63, 3.8) is 0 Å². The van der Waals surface area contributed by atoms with E-state index in [1.165, 1.54) is 12.1 Å². The van der Waals surface area contributed by atoms with E-state index in [9.17, 15) is 18.3 Å². The summed E-state index contributed by atoms with van der Waals surface area (Å²) >= 11 is 5.39. The van der Waals surface area contributed by atoms with Gasteiger partial charge in [-0.3, -0.25) is 0 Å². The van der Waals surface area contributed by atoms with Gasteiger partial charge in [0.15, 0.2) is 0 Å². The fraction of sp³-hybridized carbons (Fsp3) is 0.273. The number of alkyl halides is 3. The summed E-state index contributed by atoms with van der Waals surface area (Å²) in [5, 5.41) is 9.21. The zero-order valence-electron chi connectivity index (χ0n) is 8.67. The molecule has 0 spiro atoms. The van der Waals surface area contributed by atoms with Gasteiger partial charge in [-0.25, -0.2) is 0 Å². The van der Waals surface area contributed by atoms with Gasteiger partial charge in [0.25, 0.3) is 0 Å². The maximum Gasteiger partial charge on any atom is 0.416 e. The first-order valence-corrected chi connectivity index (χ1v) is 5.01. The summed E-state index contributed by atoms with van der Waals surface area (Å²) in [6.45, 7) is 3.03. The Bertz CT molecular complexity index is 404. The molecule has 0 aromatic heterocycles. The molecule has 1 aromatic carbocycles. The van der Waals surface area contributed by atoms with Crippen molar-refractivity contribution in [3.05, 3.63) is 41.4 Å². The molecule has 0 aliphatic carbocycles. The Morgan fingerprint density at radius 1 is 1.47 bits per heavy atom. The number of halogens is 4. The Morgan fingerprint density at radius 3 is 2.65 bits per heavy atom. The molecule has 1 N–H and O–H groups in total. The molecule has 0 saturated heterocycles. The molecule has 0 aliphatic heterocycles. The number of benzene rings is 1. The maximum absolute atomic E-state index is 12.4. The molecule has 17 heavy (non-hydrogen) atoms. The fourth-order valence-electron chi connectivity index (χ4n) is 1.03. The predicted octanol–water partition coefficient (Wildman–Crippen LogP) is 3.20. The Morgan fingerprint density at radius 2 is 2.12 bits per heavy atom. The van der Waals surface area contributed by atoms with Crippen LogP contribution in [0.1, 0.15) is 5.56 Å². The van der Waals surface area contributed by atoms with E-state index in [0.717, 1.165) is 12.1 Å². The van der Waals surface area contributed by atoms with E-state index in [-0.39, 0.29) is 17.4 Å². The van der Waals surface area contributed by atoms with Crippen LogP contribution in [0.5, 0.6) is 5.75 Å². The van der Waals surface area contributed by atoms with Gasteiger partial charge in [-0.1, -0.05) is 24.2 Å². The number of hydrogen-bond acceptors (Lipinski definition) is 2. The Hall–Kier alpha value is -1.20. The maximum atomic E-state index is 12.4. The molecule has 6 heteroatoms. The second-order valence-electron chi connectivity index (χ2n) is 3.30. The highest BCUT2D eigenvalue weighted by Gasteiger charge is 2.30. The lowest BCUT2D eigenvalue weighted by Crippen LogP contribution is -2.17. The Kier molecular flexibility index (Phi) is 4.42. The van der Waals surface area contributed by atoms with Gasteiger partial charge in [0.2, 0.25) is 0 Å². The number of aliphatic hydroxyl groups excluding tert-OH is 1. The van der Waals surface area contributed by atoms with Gasteiger partial charge in [0.1, 0.15) is 18.5 Å². The number of ether oxygens (including phenoxy) is 1. The minimum Gasteiger partial charge on any atom is -0.490 e. The predicted molar refractivity (Wildman–Crippen MR) is 57.9 cm³/mol. The van der Waals surface area contributed by atoms with Crippen molar-refractivity contribution in [1.29, 1.82) is 0 Å². The molecule has 0 bridgehead atoms. The monoisotopic (exact) mass is 266 g/mol. The van der Waals surface area contributed by atoms with Crippen LogP contribution in [0.2, 0.25) is 0 Å². The van der Waals surface area contributed by atoms with Gasteiger partial charge >= 0.3 is 6.18 Å². The highest BCUT2D eigenvalue weighted by molar-refractivity contribution is 6.29. The highest BCUT2D eigenvalue weighted by Crippen LogP contribution is 2.31. The molecule has 0 saturated carbocycles. The van der Waals surface area contributed by atoms with E-state index in [0.29, 0.717) is 0 Å².